The average Bonchev–Trinajstić information content (AvgIpc) is 2.59. The third kappa shape index (κ3) is 4.12. The van der Waals surface area contributed by atoms with Crippen LogP contribution in [0.4, 0.5) is 0 Å². The molecule has 0 heterocycles. The van der Waals surface area contributed by atoms with Gasteiger partial charge in [-0.15, -0.1) is 0 Å². The maximum absolute atomic E-state index is 8.73. The Bertz CT molecular complexity index is 108. The van der Waals surface area contributed by atoms with Gasteiger partial charge in [-0.05, 0) is 31.1 Å². The standard InChI is InChI=1S/C12H24O/c1-2-3-5-11-7-8-12(10-11)6-4-9-13/h11-13H,2-10H2,1H3. The van der Waals surface area contributed by atoms with Gasteiger partial charge in [-0.3, -0.25) is 0 Å². The van der Waals surface area contributed by atoms with Crippen molar-refractivity contribution in [2.24, 2.45) is 11.8 Å². The maximum atomic E-state index is 8.73. The summed E-state index contributed by atoms with van der Waals surface area (Å²) in [6.45, 7) is 2.66. The smallest absolute Gasteiger partial charge is 0.0431 e. The molecule has 1 heteroatoms. The molecule has 1 rings (SSSR count). The van der Waals surface area contributed by atoms with Crippen LogP contribution in [0.1, 0.15) is 58.3 Å². The molecule has 0 aromatic carbocycles. The fraction of sp³-hybridized carbons (Fsp3) is 1.00. The Kier molecular flexibility index (Phi) is 5.45. The number of hydrogen-bond acceptors (Lipinski definition) is 1. The summed E-state index contributed by atoms with van der Waals surface area (Å²) in [6.07, 6.45) is 10.8. The summed E-state index contributed by atoms with van der Waals surface area (Å²) in [5, 5.41) is 8.73. The van der Waals surface area contributed by atoms with E-state index < -0.39 is 0 Å². The van der Waals surface area contributed by atoms with E-state index in [9.17, 15) is 0 Å². The minimum absolute atomic E-state index is 0.385. The quantitative estimate of drug-likeness (QED) is 0.671. The third-order valence-electron chi connectivity index (χ3n) is 3.39. The second-order valence-corrected chi connectivity index (χ2v) is 4.55. The van der Waals surface area contributed by atoms with Gasteiger partial charge in [-0.25, -0.2) is 0 Å². The molecule has 1 saturated carbocycles. The van der Waals surface area contributed by atoms with E-state index in [1.54, 1.807) is 0 Å². The van der Waals surface area contributed by atoms with Crippen LogP contribution in [0.2, 0.25) is 0 Å². The highest BCUT2D eigenvalue weighted by Crippen LogP contribution is 2.36. The molecule has 13 heavy (non-hydrogen) atoms. The van der Waals surface area contributed by atoms with Crippen molar-refractivity contribution in [2.45, 2.75) is 58.3 Å². The topological polar surface area (TPSA) is 20.2 Å². The molecule has 2 atom stereocenters. The molecule has 0 aliphatic heterocycles. The molecule has 0 saturated heterocycles. The fourth-order valence-corrected chi connectivity index (χ4v) is 2.58. The van der Waals surface area contributed by atoms with Gasteiger partial charge in [0.25, 0.3) is 0 Å². The summed E-state index contributed by atoms with van der Waals surface area (Å²) in [5.41, 5.74) is 0. The summed E-state index contributed by atoms with van der Waals surface area (Å²) in [4.78, 5) is 0. The summed E-state index contributed by atoms with van der Waals surface area (Å²) >= 11 is 0. The van der Waals surface area contributed by atoms with Gasteiger partial charge >= 0.3 is 0 Å². The van der Waals surface area contributed by atoms with E-state index in [2.05, 4.69) is 6.92 Å². The zero-order valence-electron chi connectivity index (χ0n) is 8.97. The van der Waals surface area contributed by atoms with E-state index >= 15 is 0 Å². The van der Waals surface area contributed by atoms with Crippen LogP contribution in [0, 0.1) is 11.8 Å². The molecule has 1 aliphatic carbocycles. The largest absolute Gasteiger partial charge is 0.396 e. The summed E-state index contributed by atoms with van der Waals surface area (Å²) in [6, 6.07) is 0. The Morgan fingerprint density at radius 2 is 1.69 bits per heavy atom. The van der Waals surface area contributed by atoms with Gasteiger partial charge in [0.1, 0.15) is 0 Å². The molecular weight excluding hydrogens is 160 g/mol. The molecule has 0 radical (unpaired) electrons. The van der Waals surface area contributed by atoms with Crippen LogP contribution in [0.15, 0.2) is 0 Å². The van der Waals surface area contributed by atoms with Crippen LogP contribution >= 0.6 is 0 Å². The van der Waals surface area contributed by atoms with Crippen molar-refractivity contribution in [3.05, 3.63) is 0 Å². The number of aliphatic hydroxyl groups is 1. The Balaban J connectivity index is 2.05. The van der Waals surface area contributed by atoms with Crippen molar-refractivity contribution in [1.29, 1.82) is 0 Å². The van der Waals surface area contributed by atoms with Crippen LogP contribution < -0.4 is 0 Å². The molecule has 0 aromatic rings. The van der Waals surface area contributed by atoms with Gasteiger partial charge in [0.15, 0.2) is 0 Å². The molecule has 0 amide bonds. The molecule has 1 fully saturated rings. The van der Waals surface area contributed by atoms with E-state index in [0.29, 0.717) is 6.61 Å². The third-order valence-corrected chi connectivity index (χ3v) is 3.39. The van der Waals surface area contributed by atoms with Gasteiger partial charge in [0.2, 0.25) is 0 Å². The van der Waals surface area contributed by atoms with Crippen LogP contribution in [0.25, 0.3) is 0 Å². The Labute approximate surface area is 82.5 Å². The highest BCUT2D eigenvalue weighted by Gasteiger charge is 2.23. The van der Waals surface area contributed by atoms with Crippen LogP contribution in [-0.4, -0.2) is 11.7 Å². The van der Waals surface area contributed by atoms with Gasteiger partial charge in [-0.2, -0.15) is 0 Å². The lowest BCUT2D eigenvalue weighted by molar-refractivity contribution is 0.270. The van der Waals surface area contributed by atoms with Crippen molar-refractivity contribution in [3.8, 4) is 0 Å². The van der Waals surface area contributed by atoms with E-state index in [4.69, 9.17) is 5.11 Å². The number of unbranched alkanes of at least 4 members (excludes halogenated alkanes) is 1. The number of rotatable bonds is 6. The van der Waals surface area contributed by atoms with Crippen LogP contribution in [0.3, 0.4) is 0 Å². The normalized spacial score (nSPS) is 28.2. The van der Waals surface area contributed by atoms with Gasteiger partial charge < -0.3 is 5.11 Å². The second kappa shape index (κ2) is 6.42. The minimum Gasteiger partial charge on any atom is -0.396 e. The zero-order chi connectivity index (χ0) is 9.52. The number of hydrogen-bond donors (Lipinski definition) is 1. The van der Waals surface area contributed by atoms with E-state index in [0.717, 1.165) is 18.3 Å². The first-order valence-corrected chi connectivity index (χ1v) is 5.97. The molecule has 1 aliphatic rings. The maximum Gasteiger partial charge on any atom is 0.0431 e. The predicted octanol–water partition coefficient (Wildman–Crippen LogP) is 3.37. The lowest BCUT2D eigenvalue weighted by atomic mass is 9.97. The van der Waals surface area contributed by atoms with Crippen molar-refractivity contribution in [3.63, 3.8) is 0 Å². The first kappa shape index (κ1) is 11.0. The molecule has 78 valence electrons. The van der Waals surface area contributed by atoms with Crippen molar-refractivity contribution < 1.29 is 5.11 Å². The predicted molar refractivity (Wildman–Crippen MR) is 56.7 cm³/mol. The Hall–Kier alpha value is -0.0400. The summed E-state index contributed by atoms with van der Waals surface area (Å²) in [7, 11) is 0. The second-order valence-electron chi connectivity index (χ2n) is 4.55. The highest BCUT2D eigenvalue weighted by molar-refractivity contribution is 4.75. The highest BCUT2D eigenvalue weighted by atomic mass is 16.2. The SMILES string of the molecule is CCCCC1CCC(CCCO)C1. The lowest BCUT2D eigenvalue weighted by Gasteiger charge is -2.09. The molecule has 1 nitrogen and oxygen atoms in total. The zero-order valence-corrected chi connectivity index (χ0v) is 8.97. The summed E-state index contributed by atoms with van der Waals surface area (Å²) < 4.78 is 0. The molecule has 0 spiro atoms. The average molecular weight is 184 g/mol. The summed E-state index contributed by atoms with van der Waals surface area (Å²) in [5.74, 6) is 1.96. The van der Waals surface area contributed by atoms with Crippen molar-refractivity contribution >= 4 is 0 Å². The van der Waals surface area contributed by atoms with Gasteiger partial charge in [0, 0.05) is 6.61 Å². The minimum atomic E-state index is 0.385. The first-order chi connectivity index (χ1) is 6.36. The molecular formula is C12H24O. The van der Waals surface area contributed by atoms with Crippen LogP contribution in [0.5, 0.6) is 0 Å². The Morgan fingerprint density at radius 1 is 1.08 bits per heavy atom. The molecule has 0 aromatic heterocycles. The van der Waals surface area contributed by atoms with Crippen molar-refractivity contribution in [1.82, 2.24) is 0 Å². The van der Waals surface area contributed by atoms with Crippen molar-refractivity contribution in [2.75, 3.05) is 6.61 Å². The monoisotopic (exact) mass is 184 g/mol. The number of aliphatic hydroxyl groups excluding tert-OH is 1. The van der Waals surface area contributed by atoms with Gasteiger partial charge in [0.05, 0.1) is 0 Å². The molecule has 1 N–H and O–H groups in total. The molecule has 0 bridgehead atoms. The van der Waals surface area contributed by atoms with E-state index in [1.165, 1.54) is 44.9 Å². The first-order valence-electron chi connectivity index (χ1n) is 5.97. The fourth-order valence-electron chi connectivity index (χ4n) is 2.58. The van der Waals surface area contributed by atoms with E-state index in [-0.39, 0.29) is 0 Å². The lowest BCUT2D eigenvalue weighted by Crippen LogP contribution is -1.98. The Morgan fingerprint density at radius 3 is 2.23 bits per heavy atom. The van der Waals surface area contributed by atoms with Crippen LogP contribution in [-0.2, 0) is 0 Å². The van der Waals surface area contributed by atoms with E-state index in [1.807, 2.05) is 0 Å². The molecule has 2 unspecified atom stereocenters. The van der Waals surface area contributed by atoms with Gasteiger partial charge in [-0.1, -0.05) is 39.0 Å².